The van der Waals surface area contributed by atoms with Crippen molar-refractivity contribution in [2.45, 2.75) is 72.8 Å². The monoisotopic (exact) mass is 475 g/mol. The topological polar surface area (TPSA) is 84.7 Å². The van der Waals surface area contributed by atoms with Crippen LogP contribution in [-0.2, 0) is 28.3 Å². The fraction of sp³-hybridized carbons (Fsp3) is 0.464. The number of ether oxygens (including phenoxy) is 1. The van der Waals surface area contributed by atoms with E-state index in [2.05, 4.69) is 53.6 Å². The molecule has 0 amide bonds. The lowest BCUT2D eigenvalue weighted by Gasteiger charge is -2.31. The zero-order chi connectivity index (χ0) is 25.6. The first-order valence-electron chi connectivity index (χ1n) is 12.2. The molecule has 0 saturated heterocycles. The Morgan fingerprint density at radius 2 is 1.77 bits per heavy atom. The third-order valence-electron chi connectivity index (χ3n) is 8.55. The fourth-order valence-electron chi connectivity index (χ4n) is 5.72. The molecule has 2 aromatic heterocycles. The fourth-order valence-corrected chi connectivity index (χ4v) is 5.72. The molecule has 0 saturated carbocycles. The van der Waals surface area contributed by atoms with Crippen LogP contribution in [0.5, 0.6) is 0 Å². The van der Waals surface area contributed by atoms with Gasteiger partial charge in [-0.2, -0.15) is 0 Å². The third kappa shape index (κ3) is 3.01. The van der Waals surface area contributed by atoms with E-state index in [1.807, 2.05) is 0 Å². The van der Waals surface area contributed by atoms with Crippen molar-refractivity contribution >= 4 is 16.9 Å². The van der Waals surface area contributed by atoms with Gasteiger partial charge in [-0.25, -0.2) is 9.78 Å². The predicted octanol–water partition coefficient (Wildman–Crippen LogP) is 3.94. The van der Waals surface area contributed by atoms with Crippen LogP contribution in [0.1, 0.15) is 70.8 Å². The van der Waals surface area contributed by atoms with E-state index in [1.165, 1.54) is 22.3 Å². The summed E-state index contributed by atoms with van der Waals surface area (Å²) in [6, 6.07) is 1.88. The first-order chi connectivity index (χ1) is 16.4. The van der Waals surface area contributed by atoms with Crippen molar-refractivity contribution in [3.63, 3.8) is 0 Å². The van der Waals surface area contributed by atoms with E-state index in [1.54, 1.807) is 17.6 Å². The summed E-state index contributed by atoms with van der Waals surface area (Å²) in [6.07, 6.45) is 0.124. The van der Waals surface area contributed by atoms with Crippen molar-refractivity contribution in [2.75, 3.05) is 14.1 Å². The van der Waals surface area contributed by atoms with Gasteiger partial charge in [0, 0.05) is 22.6 Å². The number of aromatic nitrogens is 2. The molecule has 184 valence electrons. The summed E-state index contributed by atoms with van der Waals surface area (Å²) in [4.78, 5) is 33.5. The molecule has 35 heavy (non-hydrogen) atoms. The highest BCUT2D eigenvalue weighted by atomic mass is 16.6. The highest BCUT2D eigenvalue weighted by Crippen LogP contribution is 2.44. The summed E-state index contributed by atoms with van der Waals surface area (Å²) in [5.74, 6) is -0.707. The van der Waals surface area contributed by atoms with Gasteiger partial charge in [-0.05, 0) is 89.0 Å². The molecule has 1 aromatic carbocycles. The molecule has 5 rings (SSSR count). The SMILES string of the molecule is CC[C@@]1(O)C(=O)OCc2c1cc1n(c2=O)Cc2c-1nc1c(C)c(C)c(C)c(C)c1c2C(C)N(C)C. The Morgan fingerprint density at radius 3 is 2.40 bits per heavy atom. The maximum absolute atomic E-state index is 13.7. The van der Waals surface area contributed by atoms with Crippen LogP contribution in [0.15, 0.2) is 10.9 Å². The molecule has 1 unspecified atom stereocenters. The Bertz CT molecular complexity index is 1500. The Labute approximate surface area is 205 Å². The van der Waals surface area contributed by atoms with E-state index in [0.717, 1.165) is 27.7 Å². The molecule has 7 nitrogen and oxygen atoms in total. The number of nitrogens with zero attached hydrogens (tertiary/aromatic N) is 3. The van der Waals surface area contributed by atoms with E-state index in [0.29, 0.717) is 23.4 Å². The lowest BCUT2D eigenvalue weighted by Crippen LogP contribution is -2.44. The highest BCUT2D eigenvalue weighted by Gasteiger charge is 2.45. The normalized spacial score (nSPS) is 19.5. The largest absolute Gasteiger partial charge is 0.458 e. The maximum Gasteiger partial charge on any atom is 0.343 e. The Kier molecular flexibility index (Phi) is 5.24. The number of aliphatic hydroxyl groups is 1. The summed E-state index contributed by atoms with van der Waals surface area (Å²) in [5, 5.41) is 12.3. The number of rotatable bonds is 3. The van der Waals surface area contributed by atoms with E-state index in [4.69, 9.17) is 9.72 Å². The minimum absolute atomic E-state index is 0.0894. The molecule has 2 aliphatic heterocycles. The zero-order valence-corrected chi connectivity index (χ0v) is 21.8. The van der Waals surface area contributed by atoms with Crippen LogP contribution >= 0.6 is 0 Å². The van der Waals surface area contributed by atoms with Crippen LogP contribution < -0.4 is 5.56 Å². The third-order valence-corrected chi connectivity index (χ3v) is 8.55. The second-order valence-corrected chi connectivity index (χ2v) is 10.3. The second-order valence-electron chi connectivity index (χ2n) is 10.3. The number of hydrogen-bond acceptors (Lipinski definition) is 6. The van der Waals surface area contributed by atoms with Crippen molar-refractivity contribution in [1.82, 2.24) is 14.5 Å². The number of aryl methyl sites for hydroxylation is 2. The summed E-state index contributed by atoms with van der Waals surface area (Å²) < 4.78 is 6.94. The number of benzene rings is 1. The first kappa shape index (κ1) is 23.7. The molecule has 7 heteroatoms. The van der Waals surface area contributed by atoms with Gasteiger partial charge in [0.25, 0.3) is 5.56 Å². The molecule has 1 N–H and O–H groups in total. The summed E-state index contributed by atoms with van der Waals surface area (Å²) in [6.45, 7) is 12.7. The first-order valence-corrected chi connectivity index (χ1v) is 12.2. The molecule has 2 atom stereocenters. The molecule has 2 aliphatic rings. The quantitative estimate of drug-likeness (QED) is 0.452. The number of pyridine rings is 2. The van der Waals surface area contributed by atoms with Gasteiger partial charge >= 0.3 is 5.97 Å². The van der Waals surface area contributed by atoms with Crippen molar-refractivity contribution in [1.29, 1.82) is 0 Å². The molecular formula is C28H33N3O4. The van der Waals surface area contributed by atoms with Gasteiger partial charge in [0.1, 0.15) is 6.61 Å². The summed E-state index contributed by atoms with van der Waals surface area (Å²) in [7, 11) is 4.12. The van der Waals surface area contributed by atoms with Gasteiger partial charge < -0.3 is 19.3 Å². The molecule has 0 spiro atoms. The average molecular weight is 476 g/mol. The van der Waals surface area contributed by atoms with Crippen molar-refractivity contribution in [3.05, 3.63) is 60.9 Å². The number of esters is 1. The van der Waals surface area contributed by atoms with Crippen LogP contribution in [0.4, 0.5) is 0 Å². The number of fused-ring (bicyclic) bond motifs is 5. The minimum atomic E-state index is -1.83. The van der Waals surface area contributed by atoms with Gasteiger partial charge in [0.05, 0.1) is 29.0 Å². The lowest BCUT2D eigenvalue weighted by molar-refractivity contribution is -0.172. The molecule has 0 aliphatic carbocycles. The smallest absolute Gasteiger partial charge is 0.343 e. The number of carbonyl (C=O) groups is 1. The molecule has 3 aromatic rings. The van der Waals surface area contributed by atoms with E-state index < -0.39 is 11.6 Å². The highest BCUT2D eigenvalue weighted by molar-refractivity contribution is 5.95. The molecule has 0 fully saturated rings. The standard InChI is InChI=1S/C28H33N3O4/c1-9-28(34)20-10-21-25-18(11-31(21)26(32)19(20)12-35-27(28)33)23(17(6)30(7)8)22-15(4)13(2)14(3)16(5)24(22)29-25/h10,17,34H,9,11-12H2,1-8H3/t17?,28-/m0/s1. The Hall–Kier alpha value is -3.03. The number of carbonyl (C=O) groups excluding carboxylic acids is 1. The van der Waals surface area contributed by atoms with Gasteiger partial charge in [0.2, 0.25) is 0 Å². The van der Waals surface area contributed by atoms with Crippen LogP contribution in [0, 0.1) is 27.7 Å². The second kappa shape index (κ2) is 7.73. The van der Waals surface area contributed by atoms with E-state index >= 15 is 0 Å². The Morgan fingerprint density at radius 1 is 1.11 bits per heavy atom. The van der Waals surface area contributed by atoms with Crippen molar-refractivity contribution in [2.24, 2.45) is 0 Å². The van der Waals surface area contributed by atoms with Gasteiger partial charge in [-0.1, -0.05) is 6.92 Å². The van der Waals surface area contributed by atoms with Crippen LogP contribution in [-0.4, -0.2) is 39.6 Å². The van der Waals surface area contributed by atoms with Gasteiger partial charge in [0.15, 0.2) is 5.60 Å². The summed E-state index contributed by atoms with van der Waals surface area (Å²) in [5.41, 5.74) is 7.99. The molecule has 0 radical (unpaired) electrons. The van der Waals surface area contributed by atoms with Crippen molar-refractivity contribution < 1.29 is 14.6 Å². The predicted molar refractivity (Wildman–Crippen MR) is 136 cm³/mol. The summed E-state index contributed by atoms with van der Waals surface area (Å²) >= 11 is 0. The van der Waals surface area contributed by atoms with E-state index in [9.17, 15) is 14.7 Å². The van der Waals surface area contributed by atoms with Gasteiger partial charge in [-0.15, -0.1) is 0 Å². The van der Waals surface area contributed by atoms with Crippen LogP contribution in [0.3, 0.4) is 0 Å². The minimum Gasteiger partial charge on any atom is -0.458 e. The van der Waals surface area contributed by atoms with Crippen molar-refractivity contribution in [3.8, 4) is 11.4 Å². The Balaban J connectivity index is 1.92. The van der Waals surface area contributed by atoms with Gasteiger partial charge in [-0.3, -0.25) is 4.79 Å². The average Bonchev–Trinajstić information content (AvgIpc) is 3.21. The number of hydrogen-bond donors (Lipinski definition) is 1. The van der Waals surface area contributed by atoms with E-state index in [-0.39, 0.29) is 24.6 Å². The lowest BCUT2D eigenvalue weighted by atomic mass is 9.85. The number of cyclic esters (lactones) is 1. The molecule has 0 bridgehead atoms. The maximum atomic E-state index is 13.7. The zero-order valence-electron chi connectivity index (χ0n) is 21.8. The molecular weight excluding hydrogens is 442 g/mol. The van der Waals surface area contributed by atoms with Crippen LogP contribution in [0.25, 0.3) is 22.3 Å². The molecule has 4 heterocycles. The van der Waals surface area contributed by atoms with Crippen LogP contribution in [0.2, 0.25) is 0 Å².